The number of halogens is 3. The van der Waals surface area contributed by atoms with E-state index in [4.69, 9.17) is 5.73 Å². The first-order chi connectivity index (χ1) is 18.5. The highest BCUT2D eigenvalue weighted by Crippen LogP contribution is 2.38. The predicted octanol–water partition coefficient (Wildman–Crippen LogP) is 4.87. The summed E-state index contributed by atoms with van der Waals surface area (Å²) in [6, 6.07) is 10.6. The second-order valence-electron chi connectivity index (χ2n) is 9.87. The number of fused-ring (bicyclic) bond motifs is 1. The van der Waals surface area contributed by atoms with E-state index in [1.54, 1.807) is 12.3 Å². The number of hydrogen-bond acceptors (Lipinski definition) is 6. The van der Waals surface area contributed by atoms with Gasteiger partial charge in [0.2, 0.25) is 11.8 Å². The lowest BCUT2D eigenvalue weighted by Crippen LogP contribution is -2.42. The Bertz CT molecular complexity index is 1350. The highest BCUT2D eigenvalue weighted by Gasteiger charge is 2.35. The average Bonchev–Trinajstić information content (AvgIpc) is 2.92. The largest absolute Gasteiger partial charge is 0.416 e. The number of carbonyl (C=O) groups is 2. The Morgan fingerprint density at radius 3 is 2.38 bits per heavy atom. The fourth-order valence-corrected chi connectivity index (χ4v) is 5.21. The Morgan fingerprint density at radius 1 is 1.10 bits per heavy atom. The number of likely N-dealkylation sites (tertiary alicyclic amines) is 1. The summed E-state index contributed by atoms with van der Waals surface area (Å²) < 4.78 is 38.4. The van der Waals surface area contributed by atoms with Crippen molar-refractivity contribution in [3.8, 4) is 0 Å². The molecule has 2 amide bonds. The second kappa shape index (κ2) is 11.3. The molecule has 0 saturated carbocycles. The molecule has 2 saturated heterocycles. The summed E-state index contributed by atoms with van der Waals surface area (Å²) in [5.74, 6) is -1.25. The molecule has 2 aromatic carbocycles. The Kier molecular flexibility index (Phi) is 8.27. The van der Waals surface area contributed by atoms with Crippen molar-refractivity contribution in [3.63, 3.8) is 0 Å². The highest BCUT2D eigenvalue weighted by molar-refractivity contribution is 6.03. The molecular weight excluding hydrogens is 509 g/mol. The molecule has 0 radical (unpaired) electrons. The number of piperidine rings is 2. The van der Waals surface area contributed by atoms with Crippen molar-refractivity contribution in [2.75, 3.05) is 18.8 Å². The van der Waals surface area contributed by atoms with Crippen molar-refractivity contribution in [2.45, 2.75) is 63.8 Å². The Morgan fingerprint density at radius 2 is 1.77 bits per heavy atom. The minimum atomic E-state index is -4.36. The Hall–Kier alpha value is -3.50. The van der Waals surface area contributed by atoms with Gasteiger partial charge in [-0.05, 0) is 54.7 Å². The van der Waals surface area contributed by atoms with Crippen LogP contribution >= 0.6 is 0 Å². The van der Waals surface area contributed by atoms with Crippen molar-refractivity contribution in [3.05, 3.63) is 70.9 Å². The number of nitrogen functional groups attached to an aromatic ring is 1. The number of carbonyl (C=O) groups excluding carboxylic acids is 2. The summed E-state index contributed by atoms with van der Waals surface area (Å²) in [6.45, 7) is 5.64. The number of pyridine rings is 1. The predicted molar refractivity (Wildman–Crippen MR) is 142 cm³/mol. The van der Waals surface area contributed by atoms with Gasteiger partial charge in [-0.15, -0.1) is 0 Å². The molecule has 2 aliphatic heterocycles. The molecule has 3 heterocycles. The first kappa shape index (κ1) is 28.5. The smallest absolute Gasteiger partial charge is 0.398 e. The lowest BCUT2D eigenvalue weighted by molar-refractivity contribution is -0.138. The van der Waals surface area contributed by atoms with Crippen molar-refractivity contribution < 1.29 is 27.9 Å². The van der Waals surface area contributed by atoms with E-state index in [9.17, 15) is 27.9 Å². The van der Waals surface area contributed by atoms with Gasteiger partial charge >= 0.3 is 6.18 Å². The summed E-state index contributed by atoms with van der Waals surface area (Å²) in [5, 5.41) is 14.5. The molecule has 2 fully saturated rings. The number of imide groups is 1. The fraction of sp³-hybridized carbons (Fsp3) is 0.414. The van der Waals surface area contributed by atoms with Gasteiger partial charge in [0.25, 0.3) is 0 Å². The van der Waals surface area contributed by atoms with E-state index in [1.165, 1.54) is 12.1 Å². The minimum Gasteiger partial charge on any atom is -0.398 e. The summed E-state index contributed by atoms with van der Waals surface area (Å²) >= 11 is 0. The van der Waals surface area contributed by atoms with Crippen LogP contribution < -0.4 is 11.1 Å². The zero-order valence-corrected chi connectivity index (χ0v) is 22.0. The fourth-order valence-electron chi connectivity index (χ4n) is 5.21. The SMILES string of the molecule is CC.Nc1c(C2CCC(=O)NC2=O)cnc2ccc(C3(O)CCN(Cc4ccc(C(F)(F)F)cc4)CC3)cc12. The number of nitrogens with two attached hydrogens (primary N) is 1. The monoisotopic (exact) mass is 542 g/mol. The number of nitrogens with one attached hydrogen (secondary N) is 1. The first-order valence-electron chi connectivity index (χ1n) is 13.2. The molecule has 7 nitrogen and oxygen atoms in total. The second-order valence-corrected chi connectivity index (χ2v) is 9.87. The maximum atomic E-state index is 12.8. The van der Waals surface area contributed by atoms with Gasteiger partial charge in [-0.3, -0.25) is 24.8 Å². The molecule has 0 spiro atoms. The number of amides is 2. The van der Waals surface area contributed by atoms with E-state index in [-0.39, 0.29) is 18.2 Å². The minimum absolute atomic E-state index is 0.233. The topological polar surface area (TPSA) is 109 Å². The lowest BCUT2D eigenvalue weighted by Gasteiger charge is -2.38. The maximum Gasteiger partial charge on any atom is 0.416 e. The number of aromatic nitrogens is 1. The molecule has 1 atom stereocenters. The van der Waals surface area contributed by atoms with Crippen LogP contribution in [0, 0.1) is 0 Å². The molecule has 5 rings (SSSR count). The molecule has 39 heavy (non-hydrogen) atoms. The first-order valence-corrected chi connectivity index (χ1v) is 13.2. The van der Waals surface area contributed by atoms with E-state index < -0.39 is 23.3 Å². The molecule has 1 unspecified atom stereocenters. The Labute approximate surface area is 225 Å². The van der Waals surface area contributed by atoms with E-state index in [0.717, 1.165) is 17.7 Å². The number of rotatable bonds is 4. The molecule has 1 aromatic heterocycles. The number of alkyl halides is 3. The number of aliphatic hydroxyl groups is 1. The van der Waals surface area contributed by atoms with E-state index in [2.05, 4.69) is 15.2 Å². The molecule has 10 heteroatoms. The zero-order chi connectivity index (χ0) is 28.4. The zero-order valence-electron chi connectivity index (χ0n) is 22.0. The summed E-state index contributed by atoms with van der Waals surface area (Å²) in [5.41, 5.74) is 7.79. The third kappa shape index (κ3) is 6.07. The number of anilines is 1. The van der Waals surface area contributed by atoms with Crippen molar-refractivity contribution in [1.82, 2.24) is 15.2 Å². The van der Waals surface area contributed by atoms with Crippen LogP contribution in [0.2, 0.25) is 0 Å². The summed E-state index contributed by atoms with van der Waals surface area (Å²) in [4.78, 5) is 30.5. The number of benzene rings is 2. The number of hydrogen-bond donors (Lipinski definition) is 3. The van der Waals surface area contributed by atoms with Gasteiger partial charge in [0.1, 0.15) is 0 Å². The van der Waals surface area contributed by atoms with Crippen LogP contribution in [0.25, 0.3) is 10.9 Å². The van der Waals surface area contributed by atoms with Gasteiger partial charge in [0.05, 0.1) is 22.6 Å². The van der Waals surface area contributed by atoms with E-state index in [0.29, 0.717) is 66.6 Å². The van der Waals surface area contributed by atoms with Gasteiger partial charge in [-0.2, -0.15) is 13.2 Å². The van der Waals surface area contributed by atoms with Gasteiger partial charge in [-0.1, -0.05) is 32.0 Å². The molecule has 0 bridgehead atoms. The van der Waals surface area contributed by atoms with Gasteiger partial charge < -0.3 is 10.8 Å². The van der Waals surface area contributed by atoms with Gasteiger partial charge in [0.15, 0.2) is 0 Å². The quantitative estimate of drug-likeness (QED) is 0.406. The Balaban J connectivity index is 0.00000172. The normalized spacial score (nSPS) is 19.8. The molecule has 3 aromatic rings. The lowest BCUT2D eigenvalue weighted by atomic mass is 9.83. The van der Waals surface area contributed by atoms with Gasteiger partial charge in [-0.25, -0.2) is 0 Å². The van der Waals surface area contributed by atoms with Crippen LogP contribution in [0.4, 0.5) is 18.9 Å². The third-order valence-electron chi connectivity index (χ3n) is 7.46. The molecule has 2 aliphatic rings. The van der Waals surface area contributed by atoms with Crippen LogP contribution in [0.3, 0.4) is 0 Å². The van der Waals surface area contributed by atoms with Crippen LogP contribution in [-0.4, -0.2) is 39.9 Å². The van der Waals surface area contributed by atoms with E-state index >= 15 is 0 Å². The van der Waals surface area contributed by atoms with Crippen molar-refractivity contribution in [1.29, 1.82) is 0 Å². The summed E-state index contributed by atoms with van der Waals surface area (Å²) in [6.07, 6.45) is -1.30. The van der Waals surface area contributed by atoms with Crippen LogP contribution in [0.1, 0.15) is 67.7 Å². The van der Waals surface area contributed by atoms with Crippen molar-refractivity contribution in [2.24, 2.45) is 0 Å². The molecule has 4 N–H and O–H groups in total. The standard InChI is InChI=1S/C27H27F3N4O3.C2H6/c28-27(29,30)17-3-1-16(2-4-17)15-34-11-9-26(37,10-12-34)18-5-7-22-20(13-18)24(31)21(14-32-22)19-6-8-23(35)33-25(19)36;1-2/h1-5,7,13-14,19,37H,6,8-12,15H2,(H2,31,32)(H,33,35,36);1-2H3. The van der Waals surface area contributed by atoms with Gasteiger partial charge in [0, 0.05) is 48.9 Å². The average molecular weight is 543 g/mol. The molecule has 208 valence electrons. The van der Waals surface area contributed by atoms with E-state index in [1.807, 2.05) is 26.0 Å². The molecule has 0 aliphatic carbocycles. The van der Waals surface area contributed by atoms with Crippen LogP contribution in [-0.2, 0) is 27.9 Å². The maximum absolute atomic E-state index is 12.8. The summed E-state index contributed by atoms with van der Waals surface area (Å²) in [7, 11) is 0. The molecular formula is C29H33F3N4O3. The van der Waals surface area contributed by atoms with Crippen LogP contribution in [0.5, 0.6) is 0 Å². The number of nitrogens with zero attached hydrogens (tertiary/aromatic N) is 2. The highest BCUT2D eigenvalue weighted by atomic mass is 19.4. The van der Waals surface area contributed by atoms with Crippen molar-refractivity contribution >= 4 is 28.4 Å². The van der Waals surface area contributed by atoms with Crippen LogP contribution in [0.15, 0.2) is 48.7 Å². The third-order valence-corrected chi connectivity index (χ3v) is 7.46.